The molecule has 0 amide bonds. The van der Waals surface area contributed by atoms with Gasteiger partial charge in [0.25, 0.3) is 0 Å². The van der Waals surface area contributed by atoms with Crippen LogP contribution in [0.25, 0.3) is 0 Å². The van der Waals surface area contributed by atoms with Crippen molar-refractivity contribution >= 4 is 11.8 Å². The van der Waals surface area contributed by atoms with Gasteiger partial charge in [0.1, 0.15) is 0 Å². The van der Waals surface area contributed by atoms with Crippen molar-refractivity contribution in [1.29, 1.82) is 0 Å². The van der Waals surface area contributed by atoms with Gasteiger partial charge < -0.3 is 14.8 Å². The first-order valence-electron chi connectivity index (χ1n) is 7.87. The molecule has 2 atom stereocenters. The number of hydrogen-bond donors (Lipinski definition) is 1. The summed E-state index contributed by atoms with van der Waals surface area (Å²) in [6.45, 7) is 4.75. The molecule has 2 heterocycles. The summed E-state index contributed by atoms with van der Waals surface area (Å²) in [4.78, 5) is 1.22. The number of hydrogen-bond acceptors (Lipinski definition) is 5. The Morgan fingerprint density at radius 3 is 2.95 bits per heavy atom. The van der Waals surface area contributed by atoms with Crippen LogP contribution in [-0.4, -0.2) is 46.6 Å². The molecule has 3 rings (SSSR count). The third-order valence-corrected chi connectivity index (χ3v) is 5.52. The number of rotatable bonds is 5. The summed E-state index contributed by atoms with van der Waals surface area (Å²) in [7, 11) is 1.96. The van der Waals surface area contributed by atoms with Crippen LogP contribution in [0, 0.1) is 0 Å². The molecule has 2 fully saturated rings. The summed E-state index contributed by atoms with van der Waals surface area (Å²) in [5, 5.41) is 8.43. The van der Waals surface area contributed by atoms with Crippen molar-refractivity contribution in [2.75, 3.05) is 19.8 Å². The number of thioether (sulfide) groups is 1. The van der Waals surface area contributed by atoms with E-state index in [9.17, 15) is 0 Å². The van der Waals surface area contributed by atoms with E-state index in [1.807, 2.05) is 29.7 Å². The van der Waals surface area contributed by atoms with Crippen molar-refractivity contribution in [2.45, 2.75) is 54.6 Å². The van der Waals surface area contributed by atoms with E-state index in [1.165, 1.54) is 11.3 Å². The molecule has 1 spiro atoms. The fourth-order valence-corrected chi connectivity index (χ4v) is 4.60. The quantitative estimate of drug-likeness (QED) is 0.903. The summed E-state index contributed by atoms with van der Waals surface area (Å²) >= 11 is 1.90. The lowest BCUT2D eigenvalue weighted by Gasteiger charge is -2.41. The molecule has 2 aliphatic rings. The van der Waals surface area contributed by atoms with Crippen LogP contribution < -0.4 is 5.32 Å². The van der Waals surface area contributed by atoms with Crippen LogP contribution in [0.15, 0.2) is 17.3 Å². The molecule has 21 heavy (non-hydrogen) atoms. The average Bonchev–Trinajstić information content (AvgIpc) is 3.08. The molecule has 1 N–H and O–H groups in total. The van der Waals surface area contributed by atoms with Gasteiger partial charge in [-0.15, -0.1) is 11.8 Å². The van der Waals surface area contributed by atoms with Gasteiger partial charge in [-0.05, 0) is 19.4 Å². The maximum Gasteiger partial charge on any atom is 0.169 e. The maximum atomic E-state index is 5.92. The molecule has 1 saturated heterocycles. The molecule has 6 heteroatoms. The standard InChI is InChI=1S/C15H25N3O2S/c1-3-6-16-13-4-5-15(19-7-8-20-15)9-14(13)21-12-10-17-18(2)11-12/h10-11,13-14,16H,3-9H2,1-2H3. The molecule has 0 aromatic carbocycles. The van der Waals surface area contributed by atoms with Crippen LogP contribution >= 0.6 is 11.8 Å². The molecule has 1 aromatic heterocycles. The van der Waals surface area contributed by atoms with Gasteiger partial charge in [0, 0.05) is 42.3 Å². The Kier molecular flexibility index (Phi) is 4.88. The van der Waals surface area contributed by atoms with E-state index in [-0.39, 0.29) is 5.79 Å². The van der Waals surface area contributed by atoms with Crippen molar-refractivity contribution < 1.29 is 9.47 Å². The number of nitrogens with one attached hydrogen (secondary N) is 1. The normalized spacial score (nSPS) is 28.3. The molecule has 118 valence electrons. The SMILES string of the molecule is CCCNC1CCC2(CC1Sc1cnn(C)c1)OCCO2. The first-order chi connectivity index (χ1) is 10.2. The highest BCUT2D eigenvalue weighted by molar-refractivity contribution is 8.00. The van der Waals surface area contributed by atoms with Crippen molar-refractivity contribution in [1.82, 2.24) is 15.1 Å². The van der Waals surface area contributed by atoms with Gasteiger partial charge >= 0.3 is 0 Å². The van der Waals surface area contributed by atoms with Gasteiger partial charge in [-0.25, -0.2) is 0 Å². The lowest BCUT2D eigenvalue weighted by atomic mass is 9.89. The largest absolute Gasteiger partial charge is 0.347 e. The summed E-state index contributed by atoms with van der Waals surface area (Å²) in [5.74, 6) is -0.329. The number of aryl methyl sites for hydroxylation is 1. The molecule has 1 aliphatic carbocycles. The summed E-state index contributed by atoms with van der Waals surface area (Å²) in [6, 6.07) is 0.522. The summed E-state index contributed by atoms with van der Waals surface area (Å²) < 4.78 is 13.7. The van der Waals surface area contributed by atoms with Crippen molar-refractivity contribution in [2.24, 2.45) is 7.05 Å². The minimum absolute atomic E-state index is 0.329. The molecule has 2 unspecified atom stereocenters. The smallest absolute Gasteiger partial charge is 0.169 e. The zero-order chi connectivity index (χ0) is 14.7. The first-order valence-corrected chi connectivity index (χ1v) is 8.75. The fraction of sp³-hybridized carbons (Fsp3) is 0.800. The topological polar surface area (TPSA) is 48.3 Å². The second-order valence-electron chi connectivity index (χ2n) is 5.92. The minimum atomic E-state index is -0.329. The Balaban J connectivity index is 1.69. The Hall–Kier alpha value is -0.560. The van der Waals surface area contributed by atoms with Gasteiger partial charge in [-0.2, -0.15) is 5.10 Å². The lowest BCUT2D eigenvalue weighted by molar-refractivity contribution is -0.178. The van der Waals surface area contributed by atoms with E-state index in [0.717, 1.165) is 39.0 Å². The highest BCUT2D eigenvalue weighted by Gasteiger charge is 2.45. The maximum absolute atomic E-state index is 5.92. The van der Waals surface area contributed by atoms with Crippen LogP contribution in [0.4, 0.5) is 0 Å². The highest BCUT2D eigenvalue weighted by Crippen LogP contribution is 2.42. The number of ether oxygens (including phenoxy) is 2. The minimum Gasteiger partial charge on any atom is -0.347 e. The Morgan fingerprint density at radius 1 is 1.48 bits per heavy atom. The Labute approximate surface area is 130 Å². The monoisotopic (exact) mass is 311 g/mol. The van der Waals surface area contributed by atoms with Crippen LogP contribution in [0.3, 0.4) is 0 Å². The highest BCUT2D eigenvalue weighted by atomic mass is 32.2. The van der Waals surface area contributed by atoms with E-state index in [4.69, 9.17) is 9.47 Å². The summed E-state index contributed by atoms with van der Waals surface area (Å²) in [6.07, 6.45) is 8.25. The van der Waals surface area contributed by atoms with Gasteiger partial charge in [-0.1, -0.05) is 6.92 Å². The molecule has 0 radical (unpaired) electrons. The zero-order valence-corrected chi connectivity index (χ0v) is 13.7. The fourth-order valence-electron chi connectivity index (χ4n) is 3.19. The van der Waals surface area contributed by atoms with E-state index in [1.54, 1.807) is 0 Å². The van der Waals surface area contributed by atoms with Crippen LogP contribution in [-0.2, 0) is 16.5 Å². The van der Waals surface area contributed by atoms with Gasteiger partial charge in [-0.3, -0.25) is 4.68 Å². The van der Waals surface area contributed by atoms with E-state index >= 15 is 0 Å². The molecular weight excluding hydrogens is 286 g/mol. The second kappa shape index (κ2) is 6.69. The summed E-state index contributed by atoms with van der Waals surface area (Å²) in [5.41, 5.74) is 0. The van der Waals surface area contributed by atoms with Gasteiger partial charge in [0.15, 0.2) is 5.79 Å². The van der Waals surface area contributed by atoms with E-state index in [2.05, 4.69) is 23.5 Å². The van der Waals surface area contributed by atoms with Crippen molar-refractivity contribution in [3.8, 4) is 0 Å². The number of nitrogens with zero attached hydrogens (tertiary/aromatic N) is 2. The van der Waals surface area contributed by atoms with Gasteiger partial charge in [0.2, 0.25) is 0 Å². The van der Waals surface area contributed by atoms with Gasteiger partial charge in [0.05, 0.1) is 19.4 Å². The molecule has 5 nitrogen and oxygen atoms in total. The predicted molar refractivity (Wildman–Crippen MR) is 83.4 cm³/mol. The third-order valence-electron chi connectivity index (χ3n) is 4.24. The van der Waals surface area contributed by atoms with Crippen LogP contribution in [0.1, 0.15) is 32.6 Å². The first kappa shape index (κ1) is 15.3. The Bertz CT molecular complexity index is 460. The molecule has 1 aromatic rings. The lowest BCUT2D eigenvalue weighted by Crippen LogP contribution is -2.49. The van der Waals surface area contributed by atoms with Crippen molar-refractivity contribution in [3.05, 3.63) is 12.4 Å². The van der Waals surface area contributed by atoms with Crippen molar-refractivity contribution in [3.63, 3.8) is 0 Å². The van der Waals surface area contributed by atoms with E-state index in [0.29, 0.717) is 11.3 Å². The average molecular weight is 311 g/mol. The predicted octanol–water partition coefficient (Wildman–Crippen LogP) is 2.18. The zero-order valence-electron chi connectivity index (χ0n) is 12.9. The molecule has 1 aliphatic heterocycles. The van der Waals surface area contributed by atoms with E-state index < -0.39 is 0 Å². The number of aromatic nitrogens is 2. The Morgan fingerprint density at radius 2 is 2.29 bits per heavy atom. The molecule has 1 saturated carbocycles. The van der Waals surface area contributed by atoms with Crippen LogP contribution in [0.5, 0.6) is 0 Å². The van der Waals surface area contributed by atoms with Crippen LogP contribution in [0.2, 0.25) is 0 Å². The molecular formula is C15H25N3O2S. The molecule has 0 bridgehead atoms. The third kappa shape index (κ3) is 3.62. The second-order valence-corrected chi connectivity index (χ2v) is 7.23.